The lowest BCUT2D eigenvalue weighted by Gasteiger charge is -2.06. The molecule has 0 aromatic heterocycles. The second-order valence-electron chi connectivity index (χ2n) is 5.47. The molecule has 1 amide bonds. The van der Waals surface area contributed by atoms with E-state index in [1.165, 1.54) is 5.56 Å². The van der Waals surface area contributed by atoms with Crippen molar-refractivity contribution >= 4 is 5.91 Å². The maximum atomic E-state index is 12.0. The predicted octanol–water partition coefficient (Wildman–Crippen LogP) is 3.71. The van der Waals surface area contributed by atoms with E-state index < -0.39 is 0 Å². The van der Waals surface area contributed by atoms with Crippen LogP contribution in [0.25, 0.3) is 0 Å². The van der Waals surface area contributed by atoms with E-state index in [4.69, 9.17) is 0 Å². The van der Waals surface area contributed by atoms with Gasteiger partial charge in [-0.2, -0.15) is 0 Å². The van der Waals surface area contributed by atoms with E-state index in [1.54, 1.807) is 12.1 Å². The van der Waals surface area contributed by atoms with Gasteiger partial charge in [-0.25, -0.2) is 0 Å². The Bertz CT molecular complexity index is 588. The van der Waals surface area contributed by atoms with E-state index >= 15 is 0 Å². The molecule has 0 aliphatic rings. The SMILES string of the molecule is CCCc1ccc(C(=O)NCCCc2ccc(O)cc2)cc1. The number of nitrogens with one attached hydrogen (secondary N) is 1. The number of phenolic OH excluding ortho intramolecular Hbond substituents is 1. The highest BCUT2D eigenvalue weighted by Crippen LogP contribution is 2.11. The van der Waals surface area contributed by atoms with Gasteiger partial charge in [-0.1, -0.05) is 37.6 Å². The topological polar surface area (TPSA) is 49.3 Å². The van der Waals surface area contributed by atoms with Gasteiger partial charge in [-0.05, 0) is 54.7 Å². The summed E-state index contributed by atoms with van der Waals surface area (Å²) in [7, 11) is 0. The number of carbonyl (C=O) groups excluding carboxylic acids is 1. The van der Waals surface area contributed by atoms with Crippen LogP contribution in [0.3, 0.4) is 0 Å². The molecule has 0 fully saturated rings. The second kappa shape index (κ2) is 8.23. The lowest BCUT2D eigenvalue weighted by molar-refractivity contribution is 0.0953. The highest BCUT2D eigenvalue weighted by atomic mass is 16.3. The molecule has 2 aromatic carbocycles. The van der Waals surface area contributed by atoms with Gasteiger partial charge in [0.1, 0.15) is 5.75 Å². The minimum Gasteiger partial charge on any atom is -0.508 e. The highest BCUT2D eigenvalue weighted by Gasteiger charge is 2.04. The second-order valence-corrected chi connectivity index (χ2v) is 5.47. The maximum absolute atomic E-state index is 12.0. The Morgan fingerprint density at radius 1 is 0.955 bits per heavy atom. The number of carbonyl (C=O) groups is 1. The molecule has 22 heavy (non-hydrogen) atoms. The number of hydrogen-bond acceptors (Lipinski definition) is 2. The normalized spacial score (nSPS) is 10.4. The van der Waals surface area contributed by atoms with Crippen LogP contribution >= 0.6 is 0 Å². The molecule has 0 heterocycles. The van der Waals surface area contributed by atoms with Crippen LogP contribution in [0.2, 0.25) is 0 Å². The van der Waals surface area contributed by atoms with Gasteiger partial charge in [0.25, 0.3) is 5.91 Å². The summed E-state index contributed by atoms with van der Waals surface area (Å²) in [5, 5.41) is 12.2. The summed E-state index contributed by atoms with van der Waals surface area (Å²) in [4.78, 5) is 12.0. The number of benzene rings is 2. The van der Waals surface area contributed by atoms with Crippen molar-refractivity contribution in [2.45, 2.75) is 32.6 Å². The van der Waals surface area contributed by atoms with Gasteiger partial charge in [0.2, 0.25) is 0 Å². The third-order valence-electron chi connectivity index (χ3n) is 3.62. The molecule has 0 bridgehead atoms. The Morgan fingerprint density at radius 3 is 2.18 bits per heavy atom. The fourth-order valence-electron chi connectivity index (χ4n) is 2.37. The van der Waals surface area contributed by atoms with Gasteiger partial charge >= 0.3 is 0 Å². The summed E-state index contributed by atoms with van der Waals surface area (Å²) in [5.41, 5.74) is 3.15. The number of hydrogen-bond donors (Lipinski definition) is 2. The number of aromatic hydroxyl groups is 1. The summed E-state index contributed by atoms with van der Waals surface area (Å²) < 4.78 is 0. The molecule has 2 N–H and O–H groups in total. The zero-order valence-corrected chi connectivity index (χ0v) is 13.0. The molecular formula is C19H23NO2. The molecule has 0 saturated heterocycles. The van der Waals surface area contributed by atoms with Crippen LogP contribution in [0.5, 0.6) is 5.75 Å². The Morgan fingerprint density at radius 2 is 1.55 bits per heavy atom. The maximum Gasteiger partial charge on any atom is 0.251 e. The van der Waals surface area contributed by atoms with Crippen molar-refractivity contribution in [3.8, 4) is 5.75 Å². The van der Waals surface area contributed by atoms with Crippen LogP contribution in [0, 0.1) is 0 Å². The molecule has 2 aromatic rings. The quantitative estimate of drug-likeness (QED) is 0.765. The van der Waals surface area contributed by atoms with Crippen molar-refractivity contribution in [1.29, 1.82) is 0 Å². The molecule has 0 atom stereocenters. The molecule has 0 radical (unpaired) electrons. The van der Waals surface area contributed by atoms with E-state index in [0.717, 1.165) is 31.2 Å². The first-order chi connectivity index (χ1) is 10.7. The zero-order valence-electron chi connectivity index (χ0n) is 13.0. The summed E-state index contributed by atoms with van der Waals surface area (Å²) >= 11 is 0. The van der Waals surface area contributed by atoms with E-state index in [1.807, 2.05) is 36.4 Å². The van der Waals surface area contributed by atoms with Crippen LogP contribution < -0.4 is 5.32 Å². The monoisotopic (exact) mass is 297 g/mol. The van der Waals surface area contributed by atoms with Crippen molar-refractivity contribution in [1.82, 2.24) is 5.32 Å². The van der Waals surface area contributed by atoms with Crippen LogP contribution in [0.1, 0.15) is 41.3 Å². The van der Waals surface area contributed by atoms with Crippen LogP contribution in [0.4, 0.5) is 0 Å². The Labute approximate surface area is 132 Å². The third-order valence-corrected chi connectivity index (χ3v) is 3.62. The van der Waals surface area contributed by atoms with Gasteiger partial charge in [0.15, 0.2) is 0 Å². The Kier molecular flexibility index (Phi) is 6.01. The van der Waals surface area contributed by atoms with Gasteiger partial charge in [-0.3, -0.25) is 4.79 Å². The van der Waals surface area contributed by atoms with Crippen LogP contribution in [-0.2, 0) is 12.8 Å². The van der Waals surface area contributed by atoms with Crippen LogP contribution in [-0.4, -0.2) is 17.6 Å². The zero-order chi connectivity index (χ0) is 15.8. The Hall–Kier alpha value is -2.29. The fraction of sp³-hybridized carbons (Fsp3) is 0.316. The first-order valence-electron chi connectivity index (χ1n) is 7.84. The van der Waals surface area contributed by atoms with Crippen molar-refractivity contribution in [2.24, 2.45) is 0 Å². The molecule has 0 aliphatic carbocycles. The molecule has 0 spiro atoms. The first kappa shape index (κ1) is 16.1. The van der Waals surface area contributed by atoms with Crippen LogP contribution in [0.15, 0.2) is 48.5 Å². The van der Waals surface area contributed by atoms with Crippen molar-refractivity contribution < 1.29 is 9.90 Å². The molecule has 116 valence electrons. The molecule has 0 aliphatic heterocycles. The van der Waals surface area contributed by atoms with Gasteiger partial charge < -0.3 is 10.4 Å². The van der Waals surface area contributed by atoms with Gasteiger partial charge in [0, 0.05) is 12.1 Å². The van der Waals surface area contributed by atoms with Gasteiger partial charge in [0.05, 0.1) is 0 Å². The lowest BCUT2D eigenvalue weighted by atomic mass is 10.1. The molecular weight excluding hydrogens is 274 g/mol. The van der Waals surface area contributed by atoms with Crippen molar-refractivity contribution in [2.75, 3.05) is 6.54 Å². The predicted molar refractivity (Wildman–Crippen MR) is 89.2 cm³/mol. The van der Waals surface area contributed by atoms with Gasteiger partial charge in [-0.15, -0.1) is 0 Å². The average Bonchev–Trinajstić information content (AvgIpc) is 2.54. The van der Waals surface area contributed by atoms with Crippen molar-refractivity contribution in [3.05, 3.63) is 65.2 Å². The Balaban J connectivity index is 1.74. The number of phenols is 1. The molecule has 2 rings (SSSR count). The number of amides is 1. The van der Waals surface area contributed by atoms with E-state index in [2.05, 4.69) is 12.2 Å². The van der Waals surface area contributed by atoms with E-state index in [9.17, 15) is 9.90 Å². The summed E-state index contributed by atoms with van der Waals surface area (Å²) in [6, 6.07) is 15.0. The minimum atomic E-state index is -0.0197. The lowest BCUT2D eigenvalue weighted by Crippen LogP contribution is -2.24. The van der Waals surface area contributed by atoms with Crippen molar-refractivity contribution in [3.63, 3.8) is 0 Å². The first-order valence-corrected chi connectivity index (χ1v) is 7.84. The molecule has 0 unspecified atom stereocenters. The standard InChI is InChI=1S/C19H23NO2/c1-2-4-15-6-10-17(11-7-15)19(22)20-14-3-5-16-8-12-18(21)13-9-16/h6-13,21H,2-5,14H2,1H3,(H,20,22). The summed E-state index contributed by atoms with van der Waals surface area (Å²) in [6.45, 7) is 2.80. The minimum absolute atomic E-state index is 0.0197. The summed E-state index contributed by atoms with van der Waals surface area (Å²) in [5.74, 6) is 0.261. The third kappa shape index (κ3) is 4.92. The fourth-order valence-corrected chi connectivity index (χ4v) is 2.37. The smallest absolute Gasteiger partial charge is 0.251 e. The number of aryl methyl sites for hydroxylation is 2. The largest absolute Gasteiger partial charge is 0.508 e. The number of rotatable bonds is 7. The molecule has 3 nitrogen and oxygen atoms in total. The average molecular weight is 297 g/mol. The van der Waals surface area contributed by atoms with E-state index in [0.29, 0.717) is 12.1 Å². The highest BCUT2D eigenvalue weighted by molar-refractivity contribution is 5.94. The molecule has 3 heteroatoms. The summed E-state index contributed by atoms with van der Waals surface area (Å²) in [6.07, 6.45) is 3.93. The molecule has 0 saturated carbocycles. The van der Waals surface area contributed by atoms with E-state index in [-0.39, 0.29) is 11.7 Å².